The average molecular weight is 250 g/mol. The van der Waals surface area contributed by atoms with Crippen LogP contribution in [-0.2, 0) is 0 Å². The third-order valence-corrected chi connectivity index (χ3v) is 2.35. The first-order valence-corrected chi connectivity index (χ1v) is 5.15. The van der Waals surface area contributed by atoms with Crippen LogP contribution in [0, 0.1) is 4.77 Å². The monoisotopic (exact) mass is 250 g/mol. The van der Waals surface area contributed by atoms with Crippen LogP contribution in [0.25, 0.3) is 0 Å². The fraction of sp³-hybridized carbons (Fsp3) is 0.100. The molecule has 0 aliphatic heterocycles. The highest BCUT2D eigenvalue weighted by atomic mass is 32.1. The number of hydrogen-bond donors (Lipinski definition) is 2. The molecule has 1 aromatic carbocycles. The molecule has 0 aliphatic rings. The molecule has 0 amide bonds. The summed E-state index contributed by atoms with van der Waals surface area (Å²) >= 11 is 4.94. The quantitative estimate of drug-likeness (QED) is 0.640. The van der Waals surface area contributed by atoms with E-state index in [1.54, 1.807) is 18.3 Å². The molecule has 0 saturated carbocycles. The van der Waals surface area contributed by atoms with Crippen LogP contribution in [0.15, 0.2) is 29.6 Å². The highest BCUT2D eigenvalue weighted by molar-refractivity contribution is 7.71. The molecule has 0 aliphatic carbocycles. The van der Waals surface area contributed by atoms with Crippen molar-refractivity contribution < 1.29 is 9.84 Å². The summed E-state index contributed by atoms with van der Waals surface area (Å²) in [6.45, 7) is 0. The smallest absolute Gasteiger partial charge is 0.216 e. The molecule has 0 saturated heterocycles. The Balaban J connectivity index is 2.28. The number of phenolic OH excluding ortho intramolecular Hbond substituents is 1. The van der Waals surface area contributed by atoms with E-state index < -0.39 is 0 Å². The second-order valence-electron chi connectivity index (χ2n) is 3.18. The van der Waals surface area contributed by atoms with Gasteiger partial charge >= 0.3 is 0 Å². The van der Waals surface area contributed by atoms with Crippen molar-refractivity contribution in [1.29, 1.82) is 0 Å². The lowest BCUT2D eigenvalue weighted by atomic mass is 10.2. The standard InChI is InChI=1S/C10H10N4O2S/c1-16-9-4-7(2-3-8(9)15)5-12-14-6-11-13-10(14)17/h2-6,15H,1H3,(H,13,17). The van der Waals surface area contributed by atoms with Crippen molar-refractivity contribution in [1.82, 2.24) is 14.9 Å². The third kappa shape index (κ3) is 2.51. The number of hydrogen-bond acceptors (Lipinski definition) is 5. The fourth-order valence-electron chi connectivity index (χ4n) is 1.23. The minimum absolute atomic E-state index is 0.0876. The van der Waals surface area contributed by atoms with Gasteiger partial charge in [0, 0.05) is 0 Å². The van der Waals surface area contributed by atoms with Gasteiger partial charge in [0.1, 0.15) is 6.33 Å². The number of aromatic nitrogens is 3. The van der Waals surface area contributed by atoms with E-state index >= 15 is 0 Å². The number of benzene rings is 1. The zero-order valence-electron chi connectivity index (χ0n) is 8.99. The molecule has 0 fully saturated rings. The molecule has 88 valence electrons. The van der Waals surface area contributed by atoms with E-state index in [9.17, 15) is 5.11 Å². The maximum atomic E-state index is 9.42. The van der Waals surface area contributed by atoms with Crippen molar-refractivity contribution in [3.8, 4) is 11.5 Å². The Labute approximate surface area is 102 Å². The van der Waals surface area contributed by atoms with Crippen molar-refractivity contribution in [3.05, 3.63) is 34.9 Å². The van der Waals surface area contributed by atoms with E-state index in [1.165, 1.54) is 24.2 Å². The molecule has 2 aromatic rings. The molecule has 0 radical (unpaired) electrons. The highest BCUT2D eigenvalue weighted by Crippen LogP contribution is 2.25. The second kappa shape index (κ2) is 4.79. The van der Waals surface area contributed by atoms with E-state index in [0.717, 1.165) is 5.56 Å². The Morgan fingerprint density at radius 1 is 1.59 bits per heavy atom. The zero-order chi connectivity index (χ0) is 12.3. The summed E-state index contributed by atoms with van der Waals surface area (Å²) in [6.07, 6.45) is 3.06. The molecule has 6 nitrogen and oxygen atoms in total. The van der Waals surface area contributed by atoms with Gasteiger partial charge in [-0.15, -0.1) is 0 Å². The Kier molecular flexibility index (Phi) is 3.20. The fourth-order valence-corrected chi connectivity index (χ4v) is 1.38. The molecule has 2 N–H and O–H groups in total. The minimum Gasteiger partial charge on any atom is -0.504 e. The van der Waals surface area contributed by atoms with Gasteiger partial charge in [0.2, 0.25) is 4.77 Å². The lowest BCUT2D eigenvalue weighted by molar-refractivity contribution is 0.373. The molecular weight excluding hydrogens is 240 g/mol. The largest absolute Gasteiger partial charge is 0.504 e. The molecule has 0 atom stereocenters. The first-order chi connectivity index (χ1) is 8.20. The Morgan fingerprint density at radius 2 is 2.41 bits per heavy atom. The van der Waals surface area contributed by atoms with Crippen LogP contribution in [0.1, 0.15) is 5.56 Å². The van der Waals surface area contributed by atoms with Crippen LogP contribution < -0.4 is 4.74 Å². The van der Waals surface area contributed by atoms with Gasteiger partial charge in [-0.2, -0.15) is 14.9 Å². The van der Waals surface area contributed by atoms with E-state index in [2.05, 4.69) is 15.3 Å². The van der Waals surface area contributed by atoms with Gasteiger partial charge in [-0.3, -0.25) is 5.10 Å². The highest BCUT2D eigenvalue weighted by Gasteiger charge is 2.00. The predicted octanol–water partition coefficient (Wildman–Crippen LogP) is 1.54. The van der Waals surface area contributed by atoms with E-state index in [1.807, 2.05) is 0 Å². The summed E-state index contributed by atoms with van der Waals surface area (Å²) in [7, 11) is 1.49. The van der Waals surface area contributed by atoms with Crippen LogP contribution >= 0.6 is 12.2 Å². The van der Waals surface area contributed by atoms with Gasteiger partial charge in [-0.1, -0.05) is 0 Å². The number of methoxy groups -OCH3 is 1. The number of rotatable bonds is 3. The number of aromatic amines is 1. The molecule has 0 spiro atoms. The summed E-state index contributed by atoms with van der Waals surface area (Å²) < 4.78 is 6.82. The first-order valence-electron chi connectivity index (χ1n) is 4.74. The van der Waals surface area contributed by atoms with Crippen LogP contribution in [0.4, 0.5) is 0 Å². The van der Waals surface area contributed by atoms with Crippen LogP contribution in [0.3, 0.4) is 0 Å². The molecule has 17 heavy (non-hydrogen) atoms. The van der Waals surface area contributed by atoms with Gasteiger partial charge in [-0.25, -0.2) is 0 Å². The number of H-pyrrole nitrogens is 1. The van der Waals surface area contributed by atoms with Gasteiger partial charge in [0.15, 0.2) is 11.5 Å². The molecule has 0 unspecified atom stereocenters. The van der Waals surface area contributed by atoms with Crippen LogP contribution in [0.5, 0.6) is 11.5 Å². The topological polar surface area (TPSA) is 75.4 Å². The lowest BCUT2D eigenvalue weighted by Crippen LogP contribution is -1.90. The molecule has 1 heterocycles. The van der Waals surface area contributed by atoms with E-state index in [0.29, 0.717) is 10.5 Å². The normalized spacial score (nSPS) is 10.9. The number of nitrogens with one attached hydrogen (secondary N) is 1. The molecular formula is C10H10N4O2S. The van der Waals surface area contributed by atoms with Crippen molar-refractivity contribution in [2.45, 2.75) is 0 Å². The second-order valence-corrected chi connectivity index (χ2v) is 3.57. The zero-order valence-corrected chi connectivity index (χ0v) is 9.81. The Morgan fingerprint density at radius 3 is 3.06 bits per heavy atom. The van der Waals surface area contributed by atoms with Gasteiger partial charge in [0.25, 0.3) is 0 Å². The SMILES string of the molecule is COc1cc(C=Nn2cn[nH]c2=S)ccc1O. The van der Waals surface area contributed by atoms with Gasteiger partial charge in [0.05, 0.1) is 13.3 Å². The first kappa shape index (κ1) is 11.3. The van der Waals surface area contributed by atoms with Gasteiger partial charge < -0.3 is 9.84 Å². The van der Waals surface area contributed by atoms with Gasteiger partial charge in [-0.05, 0) is 36.0 Å². The molecule has 1 aromatic heterocycles. The van der Waals surface area contributed by atoms with Crippen molar-refractivity contribution in [2.24, 2.45) is 5.10 Å². The number of aromatic hydroxyl groups is 1. The molecule has 2 rings (SSSR count). The molecule has 0 bridgehead atoms. The maximum Gasteiger partial charge on any atom is 0.216 e. The number of ether oxygens (including phenoxy) is 1. The molecule has 7 heteroatoms. The predicted molar refractivity (Wildman–Crippen MR) is 65.1 cm³/mol. The summed E-state index contributed by atoms with van der Waals surface area (Å²) in [5.41, 5.74) is 0.780. The lowest BCUT2D eigenvalue weighted by Gasteiger charge is -2.03. The number of phenols is 1. The maximum absolute atomic E-state index is 9.42. The third-order valence-electron chi connectivity index (χ3n) is 2.07. The Bertz CT molecular complexity index is 602. The van der Waals surface area contributed by atoms with E-state index in [4.69, 9.17) is 17.0 Å². The van der Waals surface area contributed by atoms with Crippen molar-refractivity contribution in [2.75, 3.05) is 7.11 Å². The average Bonchev–Trinajstić information content (AvgIpc) is 2.74. The van der Waals surface area contributed by atoms with Crippen LogP contribution in [0.2, 0.25) is 0 Å². The summed E-state index contributed by atoms with van der Waals surface area (Å²) in [5.74, 6) is 0.481. The number of nitrogens with zero attached hydrogens (tertiary/aromatic N) is 3. The Hall–Kier alpha value is -2.15. The van der Waals surface area contributed by atoms with Crippen LogP contribution in [-0.4, -0.2) is 33.3 Å². The summed E-state index contributed by atoms with van der Waals surface area (Å²) in [5, 5.41) is 19.8. The van der Waals surface area contributed by atoms with E-state index in [-0.39, 0.29) is 5.75 Å². The van der Waals surface area contributed by atoms with Crippen molar-refractivity contribution >= 4 is 18.4 Å². The van der Waals surface area contributed by atoms with Crippen molar-refractivity contribution in [3.63, 3.8) is 0 Å². The summed E-state index contributed by atoms with van der Waals surface area (Å²) in [4.78, 5) is 0. The summed E-state index contributed by atoms with van der Waals surface area (Å²) in [6, 6.07) is 4.92. The minimum atomic E-state index is 0.0876.